The van der Waals surface area contributed by atoms with Gasteiger partial charge in [-0.1, -0.05) is 0 Å². The second-order valence-electron chi connectivity index (χ2n) is 4.02. The zero-order valence-electron chi connectivity index (χ0n) is 9.17. The van der Waals surface area contributed by atoms with Crippen LogP contribution in [0.2, 0.25) is 0 Å². The highest BCUT2D eigenvalue weighted by molar-refractivity contribution is 5.31. The second-order valence-corrected chi connectivity index (χ2v) is 4.02. The fourth-order valence-electron chi connectivity index (χ4n) is 1.89. The molecule has 0 spiro atoms. The molecule has 0 saturated carbocycles. The maximum Gasteiger partial charge on any atom is 0.225 e. The summed E-state index contributed by atoms with van der Waals surface area (Å²) in [6, 6.07) is 0. The lowest BCUT2D eigenvalue weighted by atomic mass is 10.3. The van der Waals surface area contributed by atoms with Gasteiger partial charge in [-0.2, -0.15) is 0 Å². The molecule has 0 radical (unpaired) electrons. The Morgan fingerprint density at radius 2 is 1.94 bits per heavy atom. The minimum absolute atomic E-state index is 0.788. The smallest absolute Gasteiger partial charge is 0.225 e. The predicted octanol–water partition coefficient (Wildman–Crippen LogP) is 1.00. The van der Waals surface area contributed by atoms with Gasteiger partial charge in [0.25, 0.3) is 0 Å². The number of imidazole rings is 1. The molecule has 2 aromatic heterocycles. The number of fused-ring (bicyclic) bond motifs is 1. The standard InChI is InChI=1S/C11H13N5/c1-9-6-13-11(14-7-9)16-5-4-15-3-2-12-10(15)8-16/h2-3,6-7H,4-5,8H2,1H3. The van der Waals surface area contributed by atoms with E-state index in [1.165, 1.54) is 0 Å². The highest BCUT2D eigenvalue weighted by atomic mass is 15.3. The van der Waals surface area contributed by atoms with E-state index in [0.29, 0.717) is 0 Å². The molecule has 0 aromatic carbocycles. The first kappa shape index (κ1) is 9.33. The van der Waals surface area contributed by atoms with Crippen molar-refractivity contribution in [2.45, 2.75) is 20.0 Å². The van der Waals surface area contributed by atoms with Gasteiger partial charge in [0.05, 0.1) is 6.54 Å². The molecule has 16 heavy (non-hydrogen) atoms. The summed E-state index contributed by atoms with van der Waals surface area (Å²) in [5.74, 6) is 1.87. The van der Waals surface area contributed by atoms with Gasteiger partial charge in [0.2, 0.25) is 5.95 Å². The van der Waals surface area contributed by atoms with E-state index in [9.17, 15) is 0 Å². The van der Waals surface area contributed by atoms with Crippen LogP contribution in [0.1, 0.15) is 11.4 Å². The highest BCUT2D eigenvalue weighted by Gasteiger charge is 2.18. The van der Waals surface area contributed by atoms with Crippen molar-refractivity contribution in [1.29, 1.82) is 0 Å². The van der Waals surface area contributed by atoms with Crippen LogP contribution in [0.3, 0.4) is 0 Å². The van der Waals surface area contributed by atoms with Crippen molar-refractivity contribution < 1.29 is 0 Å². The Balaban J connectivity index is 1.86. The van der Waals surface area contributed by atoms with Crippen molar-refractivity contribution in [3.8, 4) is 0 Å². The number of rotatable bonds is 1. The van der Waals surface area contributed by atoms with E-state index < -0.39 is 0 Å². The Hall–Kier alpha value is -1.91. The molecule has 82 valence electrons. The first-order valence-corrected chi connectivity index (χ1v) is 5.36. The van der Waals surface area contributed by atoms with Crippen LogP contribution in [-0.2, 0) is 13.1 Å². The summed E-state index contributed by atoms with van der Waals surface area (Å²) in [7, 11) is 0. The number of nitrogens with zero attached hydrogens (tertiary/aromatic N) is 5. The number of hydrogen-bond donors (Lipinski definition) is 0. The van der Waals surface area contributed by atoms with Gasteiger partial charge in [0.1, 0.15) is 5.82 Å². The van der Waals surface area contributed by atoms with E-state index in [-0.39, 0.29) is 0 Å². The first-order valence-electron chi connectivity index (χ1n) is 5.36. The molecule has 0 atom stereocenters. The molecule has 0 fully saturated rings. The maximum absolute atomic E-state index is 4.34. The third-order valence-corrected chi connectivity index (χ3v) is 2.79. The summed E-state index contributed by atoms with van der Waals surface area (Å²) in [5.41, 5.74) is 1.09. The topological polar surface area (TPSA) is 46.8 Å². The Bertz CT molecular complexity index is 487. The van der Waals surface area contributed by atoms with E-state index in [2.05, 4.69) is 24.4 Å². The molecule has 0 saturated heterocycles. The number of aryl methyl sites for hydroxylation is 1. The van der Waals surface area contributed by atoms with Gasteiger partial charge in [-0.3, -0.25) is 0 Å². The van der Waals surface area contributed by atoms with Crippen LogP contribution in [0.5, 0.6) is 0 Å². The van der Waals surface area contributed by atoms with Crippen molar-refractivity contribution in [1.82, 2.24) is 19.5 Å². The van der Waals surface area contributed by atoms with E-state index in [1.54, 1.807) is 0 Å². The van der Waals surface area contributed by atoms with Gasteiger partial charge in [-0.25, -0.2) is 15.0 Å². The van der Waals surface area contributed by atoms with Crippen LogP contribution in [-0.4, -0.2) is 26.1 Å². The molecule has 0 N–H and O–H groups in total. The van der Waals surface area contributed by atoms with E-state index in [4.69, 9.17) is 0 Å². The second kappa shape index (κ2) is 3.59. The molecular formula is C11H13N5. The van der Waals surface area contributed by atoms with Crippen LogP contribution >= 0.6 is 0 Å². The Kier molecular flexibility index (Phi) is 2.09. The molecule has 5 heteroatoms. The number of aromatic nitrogens is 4. The SMILES string of the molecule is Cc1cnc(N2CCn3ccnc3C2)nc1. The summed E-state index contributed by atoms with van der Waals surface area (Å²) in [6.07, 6.45) is 7.56. The molecule has 1 aliphatic heterocycles. The third kappa shape index (κ3) is 1.54. The fourth-order valence-corrected chi connectivity index (χ4v) is 1.89. The van der Waals surface area contributed by atoms with Crippen LogP contribution < -0.4 is 4.90 Å². The van der Waals surface area contributed by atoms with Crippen molar-refractivity contribution in [2.75, 3.05) is 11.4 Å². The van der Waals surface area contributed by atoms with Crippen LogP contribution in [0, 0.1) is 6.92 Å². The van der Waals surface area contributed by atoms with Gasteiger partial charge in [-0.05, 0) is 12.5 Å². The van der Waals surface area contributed by atoms with Gasteiger partial charge >= 0.3 is 0 Å². The van der Waals surface area contributed by atoms with Gasteiger partial charge in [-0.15, -0.1) is 0 Å². The molecular weight excluding hydrogens is 202 g/mol. The minimum atomic E-state index is 0.788. The number of anilines is 1. The molecule has 5 nitrogen and oxygen atoms in total. The summed E-state index contributed by atoms with van der Waals surface area (Å²) in [4.78, 5) is 15.1. The summed E-state index contributed by atoms with van der Waals surface area (Å²) in [6.45, 7) is 4.67. The van der Waals surface area contributed by atoms with Crippen LogP contribution in [0.25, 0.3) is 0 Å². The molecule has 3 heterocycles. The largest absolute Gasteiger partial charge is 0.332 e. The van der Waals surface area contributed by atoms with Crippen LogP contribution in [0.15, 0.2) is 24.8 Å². The fraction of sp³-hybridized carbons (Fsp3) is 0.364. The summed E-state index contributed by atoms with van der Waals surface area (Å²) >= 11 is 0. The molecule has 0 bridgehead atoms. The van der Waals surface area contributed by atoms with Crippen LogP contribution in [0.4, 0.5) is 5.95 Å². The van der Waals surface area contributed by atoms with E-state index in [1.807, 2.05) is 31.7 Å². The van der Waals surface area contributed by atoms with Gasteiger partial charge < -0.3 is 9.47 Å². The summed E-state index contributed by atoms with van der Waals surface area (Å²) in [5, 5.41) is 0. The van der Waals surface area contributed by atoms with Gasteiger partial charge in [0.15, 0.2) is 0 Å². The lowest BCUT2D eigenvalue weighted by Gasteiger charge is -2.27. The van der Waals surface area contributed by atoms with Crippen molar-refractivity contribution in [2.24, 2.45) is 0 Å². The Labute approximate surface area is 93.8 Å². The first-order chi connectivity index (χ1) is 7.83. The molecule has 0 amide bonds. The minimum Gasteiger partial charge on any atom is -0.332 e. The molecule has 3 rings (SSSR count). The molecule has 0 aliphatic carbocycles. The van der Waals surface area contributed by atoms with E-state index in [0.717, 1.165) is 37.0 Å². The predicted molar refractivity (Wildman–Crippen MR) is 60.0 cm³/mol. The number of hydrogen-bond acceptors (Lipinski definition) is 4. The van der Waals surface area contributed by atoms with Crippen molar-refractivity contribution >= 4 is 5.95 Å². The Morgan fingerprint density at radius 3 is 2.75 bits per heavy atom. The molecule has 0 unspecified atom stereocenters. The average Bonchev–Trinajstić information content (AvgIpc) is 2.77. The van der Waals surface area contributed by atoms with Gasteiger partial charge in [0, 0.05) is 37.9 Å². The maximum atomic E-state index is 4.34. The monoisotopic (exact) mass is 215 g/mol. The molecule has 1 aliphatic rings. The molecule has 2 aromatic rings. The van der Waals surface area contributed by atoms with Crippen molar-refractivity contribution in [3.05, 3.63) is 36.2 Å². The third-order valence-electron chi connectivity index (χ3n) is 2.79. The zero-order valence-corrected chi connectivity index (χ0v) is 9.17. The summed E-state index contributed by atoms with van der Waals surface area (Å²) < 4.78 is 2.17. The average molecular weight is 215 g/mol. The lowest BCUT2D eigenvalue weighted by molar-refractivity contribution is 0.551. The Morgan fingerprint density at radius 1 is 1.12 bits per heavy atom. The van der Waals surface area contributed by atoms with E-state index >= 15 is 0 Å². The zero-order chi connectivity index (χ0) is 11.0. The van der Waals surface area contributed by atoms with Crippen molar-refractivity contribution in [3.63, 3.8) is 0 Å². The normalized spacial score (nSPS) is 14.9. The quantitative estimate of drug-likeness (QED) is 0.712. The highest BCUT2D eigenvalue weighted by Crippen LogP contribution is 2.15. The lowest BCUT2D eigenvalue weighted by Crippen LogP contribution is -2.34.